The largest absolute Gasteiger partial charge is 0.340 e. The van der Waals surface area contributed by atoms with Gasteiger partial charge in [0.25, 0.3) is 5.56 Å². The zero-order chi connectivity index (χ0) is 19.8. The van der Waals surface area contributed by atoms with Crippen molar-refractivity contribution >= 4 is 44.3 Å². The van der Waals surface area contributed by atoms with Crippen LogP contribution in [0.2, 0.25) is 10.0 Å². The summed E-state index contributed by atoms with van der Waals surface area (Å²) in [5.41, 5.74) is 0.595. The van der Waals surface area contributed by atoms with Gasteiger partial charge in [-0.2, -0.15) is 9.40 Å². The van der Waals surface area contributed by atoms with Gasteiger partial charge in [-0.1, -0.05) is 37.0 Å². The minimum absolute atomic E-state index is 0.0442. The van der Waals surface area contributed by atoms with Crippen molar-refractivity contribution in [3.63, 3.8) is 0 Å². The molecule has 1 N–H and O–H groups in total. The molecule has 0 bridgehead atoms. The smallest absolute Gasteiger partial charge is 0.287 e. The summed E-state index contributed by atoms with van der Waals surface area (Å²) in [4.78, 5) is 19.7. The summed E-state index contributed by atoms with van der Waals surface area (Å²) in [7, 11) is -3.57. The lowest BCUT2D eigenvalue weighted by molar-refractivity contribution is 0.445. The molecule has 11 heteroatoms. The normalized spacial score (nSPS) is 12.2. The van der Waals surface area contributed by atoms with E-state index in [1.54, 1.807) is 19.9 Å². The van der Waals surface area contributed by atoms with E-state index in [9.17, 15) is 13.2 Å². The second-order valence-corrected chi connectivity index (χ2v) is 8.44. The van der Waals surface area contributed by atoms with Gasteiger partial charge in [-0.15, -0.1) is 0 Å². The highest BCUT2D eigenvalue weighted by Gasteiger charge is 2.22. The Kier molecular flexibility index (Phi) is 5.57. The van der Waals surface area contributed by atoms with Crippen LogP contribution in [0, 0.1) is 0 Å². The van der Waals surface area contributed by atoms with Crippen LogP contribution in [-0.4, -0.2) is 45.6 Å². The van der Waals surface area contributed by atoms with Crippen LogP contribution in [0.5, 0.6) is 0 Å². The molecule has 3 rings (SSSR count). The van der Waals surface area contributed by atoms with Gasteiger partial charge in [0.2, 0.25) is 10.0 Å². The van der Waals surface area contributed by atoms with E-state index in [1.807, 2.05) is 0 Å². The standard InChI is InChI=1S/C16H17Cl2N5O3S/c1-3-22(4-2)27(25,26)10-5-6-12-13(7-10)21-14(20-12)9-23-16(24)15(18)11(17)8-19-23/h5-8H,3-4,9H2,1-2H3,(H,20,21). The maximum Gasteiger partial charge on any atom is 0.287 e. The van der Waals surface area contributed by atoms with Crippen molar-refractivity contribution < 1.29 is 8.42 Å². The second kappa shape index (κ2) is 7.59. The van der Waals surface area contributed by atoms with Gasteiger partial charge >= 0.3 is 0 Å². The molecule has 0 atom stereocenters. The minimum Gasteiger partial charge on any atom is -0.340 e. The van der Waals surface area contributed by atoms with Crippen LogP contribution in [0.15, 0.2) is 34.1 Å². The molecule has 0 aliphatic carbocycles. The summed E-state index contributed by atoms with van der Waals surface area (Å²) < 4.78 is 27.8. The molecule has 0 saturated heterocycles. The van der Waals surface area contributed by atoms with E-state index in [1.165, 1.54) is 22.6 Å². The lowest BCUT2D eigenvalue weighted by Crippen LogP contribution is -2.30. The highest BCUT2D eigenvalue weighted by atomic mass is 35.5. The molecule has 2 heterocycles. The predicted molar refractivity (Wildman–Crippen MR) is 104 cm³/mol. The maximum atomic E-state index is 12.7. The molecule has 144 valence electrons. The molecular weight excluding hydrogens is 413 g/mol. The Morgan fingerprint density at radius 1 is 1.22 bits per heavy atom. The van der Waals surface area contributed by atoms with Crippen LogP contribution in [0.3, 0.4) is 0 Å². The number of fused-ring (bicyclic) bond motifs is 1. The minimum atomic E-state index is -3.57. The highest BCUT2D eigenvalue weighted by Crippen LogP contribution is 2.21. The summed E-state index contributed by atoms with van der Waals surface area (Å²) in [6.07, 6.45) is 1.28. The summed E-state index contributed by atoms with van der Waals surface area (Å²) >= 11 is 11.6. The number of nitrogens with one attached hydrogen (secondary N) is 1. The topological polar surface area (TPSA) is 101 Å². The molecule has 0 aliphatic rings. The van der Waals surface area contributed by atoms with Crippen LogP contribution in [0.1, 0.15) is 19.7 Å². The molecule has 1 aromatic carbocycles. The third-order valence-corrected chi connectivity index (χ3v) is 6.88. The van der Waals surface area contributed by atoms with Gasteiger partial charge in [-0.25, -0.2) is 18.1 Å². The summed E-state index contributed by atoms with van der Waals surface area (Å²) in [5.74, 6) is 0.440. The molecule has 0 saturated carbocycles. The summed E-state index contributed by atoms with van der Waals surface area (Å²) in [6, 6.07) is 4.67. The first-order chi connectivity index (χ1) is 12.8. The molecule has 3 aromatic rings. The van der Waals surface area contributed by atoms with Crippen molar-refractivity contribution in [2.24, 2.45) is 0 Å². The third kappa shape index (κ3) is 3.73. The molecule has 27 heavy (non-hydrogen) atoms. The first-order valence-corrected chi connectivity index (χ1v) is 10.4. The quantitative estimate of drug-likeness (QED) is 0.648. The van der Waals surface area contributed by atoms with Gasteiger partial charge in [-0.3, -0.25) is 4.79 Å². The highest BCUT2D eigenvalue weighted by molar-refractivity contribution is 7.89. The Bertz CT molecular complexity index is 1150. The predicted octanol–water partition coefficient (Wildman–Crippen LogP) is 2.51. The van der Waals surface area contributed by atoms with Crippen molar-refractivity contribution in [3.8, 4) is 0 Å². The van der Waals surface area contributed by atoms with Crippen LogP contribution in [0.4, 0.5) is 0 Å². The SMILES string of the molecule is CCN(CC)S(=O)(=O)c1ccc2nc(Cn3ncc(Cl)c(Cl)c3=O)[nH]c2c1. The lowest BCUT2D eigenvalue weighted by Gasteiger charge is -2.18. The Labute approximate surface area is 165 Å². The van der Waals surface area contributed by atoms with E-state index >= 15 is 0 Å². The average Bonchev–Trinajstić information content (AvgIpc) is 3.04. The number of imidazole rings is 1. The van der Waals surface area contributed by atoms with Crippen LogP contribution in [-0.2, 0) is 16.6 Å². The number of aromatic amines is 1. The van der Waals surface area contributed by atoms with E-state index in [0.29, 0.717) is 29.9 Å². The Hall–Kier alpha value is -1.94. The van der Waals surface area contributed by atoms with E-state index in [4.69, 9.17) is 23.2 Å². The van der Waals surface area contributed by atoms with Crippen molar-refractivity contribution in [3.05, 3.63) is 50.6 Å². The number of aromatic nitrogens is 4. The first kappa shape index (κ1) is 19.8. The van der Waals surface area contributed by atoms with Gasteiger partial charge in [0.1, 0.15) is 17.4 Å². The van der Waals surface area contributed by atoms with Crippen molar-refractivity contribution in [1.82, 2.24) is 24.1 Å². The molecule has 0 spiro atoms. The Morgan fingerprint density at radius 2 is 1.93 bits per heavy atom. The zero-order valence-electron chi connectivity index (χ0n) is 14.6. The molecule has 0 unspecified atom stereocenters. The number of H-pyrrole nitrogens is 1. The molecular formula is C16H17Cl2N5O3S. The maximum absolute atomic E-state index is 12.7. The molecule has 0 radical (unpaired) electrons. The van der Waals surface area contributed by atoms with Gasteiger partial charge in [0.15, 0.2) is 0 Å². The zero-order valence-corrected chi connectivity index (χ0v) is 16.9. The first-order valence-electron chi connectivity index (χ1n) is 8.17. The average molecular weight is 430 g/mol. The van der Waals surface area contributed by atoms with E-state index in [-0.39, 0.29) is 21.5 Å². The summed E-state index contributed by atoms with van der Waals surface area (Å²) in [5, 5.41) is 3.89. The fraction of sp³-hybridized carbons (Fsp3) is 0.312. The number of halogens is 2. The number of benzene rings is 1. The van der Waals surface area contributed by atoms with E-state index in [2.05, 4.69) is 15.1 Å². The monoisotopic (exact) mass is 429 g/mol. The fourth-order valence-electron chi connectivity index (χ4n) is 2.69. The molecule has 2 aromatic heterocycles. The summed E-state index contributed by atoms with van der Waals surface area (Å²) in [6.45, 7) is 4.39. The van der Waals surface area contributed by atoms with Gasteiger partial charge in [-0.05, 0) is 18.2 Å². The molecule has 0 aliphatic heterocycles. The number of nitrogens with zero attached hydrogens (tertiary/aromatic N) is 4. The van der Waals surface area contributed by atoms with E-state index < -0.39 is 15.6 Å². The number of hydrogen-bond donors (Lipinski definition) is 1. The van der Waals surface area contributed by atoms with Gasteiger partial charge < -0.3 is 4.98 Å². The Balaban J connectivity index is 1.98. The fourth-order valence-corrected chi connectivity index (χ4v) is 4.44. The molecule has 8 nitrogen and oxygen atoms in total. The molecule has 0 amide bonds. The third-order valence-electron chi connectivity index (χ3n) is 4.09. The van der Waals surface area contributed by atoms with Crippen molar-refractivity contribution in [2.45, 2.75) is 25.3 Å². The van der Waals surface area contributed by atoms with Crippen molar-refractivity contribution in [1.29, 1.82) is 0 Å². The number of hydrogen-bond acceptors (Lipinski definition) is 5. The molecule has 0 fully saturated rings. The Morgan fingerprint density at radius 3 is 2.59 bits per heavy atom. The second-order valence-electron chi connectivity index (χ2n) is 5.72. The van der Waals surface area contributed by atoms with Gasteiger partial charge in [0, 0.05) is 13.1 Å². The number of sulfonamides is 1. The van der Waals surface area contributed by atoms with Crippen LogP contribution >= 0.6 is 23.2 Å². The van der Waals surface area contributed by atoms with Crippen LogP contribution < -0.4 is 5.56 Å². The van der Waals surface area contributed by atoms with Crippen molar-refractivity contribution in [2.75, 3.05) is 13.1 Å². The number of rotatable bonds is 6. The van der Waals surface area contributed by atoms with E-state index in [0.717, 1.165) is 4.68 Å². The van der Waals surface area contributed by atoms with Crippen LogP contribution in [0.25, 0.3) is 11.0 Å². The lowest BCUT2D eigenvalue weighted by atomic mass is 10.3. The van der Waals surface area contributed by atoms with Gasteiger partial charge in [0.05, 0.1) is 27.1 Å².